The molecule has 1 saturated heterocycles. The molecule has 0 saturated carbocycles. The molecule has 3 heterocycles. The van der Waals surface area contributed by atoms with Crippen LogP contribution in [0.1, 0.15) is 40.2 Å². The highest BCUT2D eigenvalue weighted by atomic mass is 16.6. The van der Waals surface area contributed by atoms with Crippen LogP contribution >= 0.6 is 0 Å². The summed E-state index contributed by atoms with van der Waals surface area (Å²) in [7, 11) is 3.25. The lowest BCUT2D eigenvalue weighted by atomic mass is 10.1. The number of hydrogen-bond acceptors (Lipinski definition) is 9. The van der Waals surface area contributed by atoms with Crippen LogP contribution in [0.25, 0.3) is 11.2 Å². The van der Waals surface area contributed by atoms with Gasteiger partial charge in [-0.2, -0.15) is 0 Å². The number of methoxy groups -OCH3 is 2. The van der Waals surface area contributed by atoms with Crippen LogP contribution < -0.4 is 19.7 Å². The van der Waals surface area contributed by atoms with E-state index >= 15 is 0 Å². The van der Waals surface area contributed by atoms with Gasteiger partial charge in [-0.1, -0.05) is 0 Å². The molecule has 0 aliphatic carbocycles. The highest BCUT2D eigenvalue weighted by Crippen LogP contribution is 2.33. The number of nitrogens with one attached hydrogen (secondary N) is 1. The molecule has 10 heteroatoms. The molecule has 0 spiro atoms. The van der Waals surface area contributed by atoms with Crippen molar-refractivity contribution >= 4 is 34.6 Å². The fourth-order valence-corrected chi connectivity index (χ4v) is 4.56. The summed E-state index contributed by atoms with van der Waals surface area (Å²) < 4.78 is 16.5. The van der Waals surface area contributed by atoms with Gasteiger partial charge in [-0.05, 0) is 53.7 Å². The van der Waals surface area contributed by atoms with Crippen molar-refractivity contribution in [3.05, 3.63) is 36.0 Å². The Morgan fingerprint density at radius 3 is 2.38 bits per heavy atom. The van der Waals surface area contributed by atoms with Crippen LogP contribution in [0.4, 0.5) is 22.1 Å². The molecule has 3 aromatic rings. The zero-order valence-electron chi connectivity index (χ0n) is 22.8. The van der Waals surface area contributed by atoms with Crippen LogP contribution in [-0.2, 0) is 4.74 Å². The highest BCUT2D eigenvalue weighted by molar-refractivity contribution is 5.76. The van der Waals surface area contributed by atoms with Gasteiger partial charge in [0.05, 0.1) is 32.5 Å². The Bertz CT molecular complexity index is 1280. The summed E-state index contributed by atoms with van der Waals surface area (Å²) in [5.74, 6) is 2.76. The summed E-state index contributed by atoms with van der Waals surface area (Å²) in [5, 5.41) is 3.35. The van der Waals surface area contributed by atoms with Crippen molar-refractivity contribution in [3.63, 3.8) is 0 Å². The number of fused-ring (bicyclic) bond motifs is 1. The molecular formula is C27H36N6O4. The van der Waals surface area contributed by atoms with Crippen molar-refractivity contribution in [2.75, 3.05) is 37.5 Å². The molecule has 4 rings (SSSR count). The van der Waals surface area contributed by atoms with Crippen LogP contribution in [-0.4, -0.2) is 70.9 Å². The number of ether oxygens (including phenoxy) is 3. The maximum atomic E-state index is 12.8. The van der Waals surface area contributed by atoms with Gasteiger partial charge < -0.3 is 24.4 Å². The van der Waals surface area contributed by atoms with Gasteiger partial charge in [0.25, 0.3) is 0 Å². The SMILES string of the molecule is COc1cc(Nc2ccc3ncc(N4CC(C)N(C(=O)OC(C)(C)C)C(C)C4)nc3n2)c(C)c(OC)c1. The van der Waals surface area contributed by atoms with Gasteiger partial charge in [0, 0.05) is 36.5 Å². The third kappa shape index (κ3) is 5.79. The minimum absolute atomic E-state index is 0.0527. The minimum Gasteiger partial charge on any atom is -0.497 e. The van der Waals surface area contributed by atoms with Crippen molar-refractivity contribution in [1.29, 1.82) is 0 Å². The quantitative estimate of drug-likeness (QED) is 0.514. The van der Waals surface area contributed by atoms with Gasteiger partial charge in [-0.25, -0.2) is 19.7 Å². The fraction of sp³-hybridized carbons (Fsp3) is 0.481. The molecule has 0 bridgehead atoms. The maximum absolute atomic E-state index is 12.8. The van der Waals surface area contributed by atoms with Crippen LogP contribution in [0, 0.1) is 6.92 Å². The average molecular weight is 509 g/mol. The van der Waals surface area contributed by atoms with Crippen molar-refractivity contribution < 1.29 is 19.0 Å². The normalized spacial score (nSPS) is 18.1. The first-order valence-electron chi connectivity index (χ1n) is 12.4. The Morgan fingerprint density at radius 1 is 1.05 bits per heavy atom. The van der Waals surface area contributed by atoms with E-state index in [0.29, 0.717) is 35.8 Å². The third-order valence-corrected chi connectivity index (χ3v) is 6.29. The Morgan fingerprint density at radius 2 is 1.76 bits per heavy atom. The van der Waals surface area contributed by atoms with Crippen LogP contribution in [0.2, 0.25) is 0 Å². The Labute approximate surface area is 218 Å². The van der Waals surface area contributed by atoms with Gasteiger partial charge in [0.2, 0.25) is 0 Å². The zero-order valence-corrected chi connectivity index (χ0v) is 22.8. The Balaban J connectivity index is 1.56. The van der Waals surface area contributed by atoms with Crippen molar-refractivity contribution in [3.8, 4) is 11.5 Å². The summed E-state index contributed by atoms with van der Waals surface area (Å²) in [6.45, 7) is 12.9. The van der Waals surface area contributed by atoms with E-state index in [4.69, 9.17) is 24.2 Å². The second-order valence-electron chi connectivity index (χ2n) is 10.4. The molecule has 2 atom stereocenters. The summed E-state index contributed by atoms with van der Waals surface area (Å²) in [5.41, 5.74) is 2.46. The number of amides is 1. The molecule has 1 aromatic carbocycles. The number of nitrogens with zero attached hydrogens (tertiary/aromatic N) is 5. The van der Waals surface area contributed by atoms with Gasteiger partial charge in [-0.15, -0.1) is 0 Å². The van der Waals surface area contributed by atoms with E-state index in [2.05, 4.69) is 15.2 Å². The maximum Gasteiger partial charge on any atom is 0.410 e. The van der Waals surface area contributed by atoms with Gasteiger partial charge in [-0.3, -0.25) is 4.90 Å². The molecule has 1 amide bonds. The van der Waals surface area contributed by atoms with E-state index in [1.165, 1.54) is 0 Å². The Kier molecular flexibility index (Phi) is 7.29. The average Bonchev–Trinajstić information content (AvgIpc) is 2.83. The van der Waals surface area contributed by atoms with Gasteiger partial charge >= 0.3 is 6.09 Å². The topological polar surface area (TPSA) is 102 Å². The number of aromatic nitrogens is 3. The van der Waals surface area contributed by atoms with Crippen LogP contribution in [0.3, 0.4) is 0 Å². The van der Waals surface area contributed by atoms with E-state index in [1.54, 1.807) is 25.3 Å². The first kappa shape index (κ1) is 26.2. The lowest BCUT2D eigenvalue weighted by molar-refractivity contribution is 0.00560. The van der Waals surface area contributed by atoms with Crippen LogP contribution in [0.15, 0.2) is 30.5 Å². The minimum atomic E-state index is -0.538. The van der Waals surface area contributed by atoms with Crippen molar-refractivity contribution in [2.24, 2.45) is 0 Å². The van der Waals surface area contributed by atoms with Crippen molar-refractivity contribution in [2.45, 2.75) is 59.2 Å². The molecular weight excluding hydrogens is 472 g/mol. The Hall–Kier alpha value is -3.82. The largest absolute Gasteiger partial charge is 0.497 e. The first-order chi connectivity index (χ1) is 17.5. The van der Waals surface area contributed by atoms with E-state index < -0.39 is 5.60 Å². The number of carbonyl (C=O) groups excluding carboxylic acids is 1. The molecule has 2 aromatic heterocycles. The molecule has 10 nitrogen and oxygen atoms in total. The van der Waals surface area contributed by atoms with Gasteiger partial charge in [0.1, 0.15) is 34.3 Å². The predicted molar refractivity (Wildman–Crippen MR) is 144 cm³/mol. The lowest BCUT2D eigenvalue weighted by Gasteiger charge is -2.44. The molecule has 1 fully saturated rings. The zero-order chi connectivity index (χ0) is 26.9. The number of piperazine rings is 1. The molecule has 1 aliphatic rings. The molecule has 1 aliphatic heterocycles. The number of anilines is 3. The van der Waals surface area contributed by atoms with Crippen molar-refractivity contribution in [1.82, 2.24) is 19.9 Å². The molecule has 2 unspecified atom stereocenters. The number of rotatable bonds is 5. The predicted octanol–water partition coefficient (Wildman–Crippen LogP) is 4.93. The van der Waals surface area contributed by atoms with E-state index in [-0.39, 0.29) is 18.2 Å². The summed E-state index contributed by atoms with van der Waals surface area (Å²) >= 11 is 0. The monoisotopic (exact) mass is 508 g/mol. The second-order valence-corrected chi connectivity index (χ2v) is 10.4. The second kappa shape index (κ2) is 10.3. The van der Waals surface area contributed by atoms with E-state index in [0.717, 1.165) is 22.8 Å². The van der Waals surface area contributed by atoms with E-state index in [1.807, 2.05) is 65.8 Å². The molecule has 0 radical (unpaired) electrons. The number of hydrogen-bond donors (Lipinski definition) is 1. The first-order valence-corrected chi connectivity index (χ1v) is 12.4. The number of benzene rings is 1. The summed E-state index contributed by atoms with van der Waals surface area (Å²) in [6.07, 6.45) is 1.47. The van der Waals surface area contributed by atoms with Gasteiger partial charge in [0.15, 0.2) is 5.65 Å². The van der Waals surface area contributed by atoms with Crippen LogP contribution in [0.5, 0.6) is 11.5 Å². The molecule has 1 N–H and O–H groups in total. The number of pyridine rings is 1. The molecule has 198 valence electrons. The summed E-state index contributed by atoms with van der Waals surface area (Å²) in [6, 6.07) is 7.40. The standard InChI is InChI=1S/C27H36N6O4/c1-16-14-32(15-17(2)33(16)26(34)37-27(4,5)6)24-13-28-20-9-10-23(30-25(20)31-24)29-21-11-19(35-7)12-22(36-8)18(21)3/h9-13,16-17H,14-15H2,1-8H3,(H,29,30,31). The smallest absolute Gasteiger partial charge is 0.410 e. The summed E-state index contributed by atoms with van der Waals surface area (Å²) in [4.78, 5) is 30.8. The molecule has 37 heavy (non-hydrogen) atoms. The fourth-order valence-electron chi connectivity index (χ4n) is 4.56. The van der Waals surface area contributed by atoms with E-state index in [9.17, 15) is 4.79 Å². The number of carbonyl (C=O) groups is 1. The third-order valence-electron chi connectivity index (χ3n) is 6.29. The lowest BCUT2D eigenvalue weighted by Crippen LogP contribution is -2.59. The highest BCUT2D eigenvalue weighted by Gasteiger charge is 2.36.